The number of nitrogens with zero attached hydrogens (tertiary/aromatic N) is 4. The molecule has 2 aliphatic rings. The lowest BCUT2D eigenvalue weighted by molar-refractivity contribution is -0.138. The number of carbonyl (C=O) groups excluding carboxylic acids is 1. The van der Waals surface area contributed by atoms with Gasteiger partial charge in [0.25, 0.3) is 0 Å². The van der Waals surface area contributed by atoms with Crippen LogP contribution in [0.2, 0.25) is 0 Å². The first kappa shape index (κ1) is 16.2. The molecule has 1 aromatic rings. The first-order valence-electron chi connectivity index (χ1n) is 8.14. The zero-order valence-electron chi connectivity index (χ0n) is 14.7. The van der Waals surface area contributed by atoms with E-state index in [0.717, 1.165) is 24.2 Å². The normalized spacial score (nSPS) is 24.0. The van der Waals surface area contributed by atoms with Crippen molar-refractivity contribution in [3.63, 3.8) is 0 Å². The van der Waals surface area contributed by atoms with Gasteiger partial charge in [-0.1, -0.05) is 20.8 Å². The van der Waals surface area contributed by atoms with Crippen molar-refractivity contribution in [2.75, 3.05) is 38.7 Å². The molecule has 1 saturated heterocycles. The summed E-state index contributed by atoms with van der Waals surface area (Å²) in [6.07, 6.45) is 2.76. The maximum atomic E-state index is 12.6. The third-order valence-electron chi connectivity index (χ3n) is 4.67. The Hall–Kier alpha value is -1.69. The fraction of sp³-hybridized carbons (Fsp3) is 0.706. The second-order valence-corrected chi connectivity index (χ2v) is 7.94. The minimum Gasteiger partial charge on any atom is -0.376 e. The largest absolute Gasteiger partial charge is 0.376 e. The topological polar surface area (TPSA) is 58.6 Å². The molecule has 1 spiro atoms. The zero-order valence-corrected chi connectivity index (χ0v) is 14.7. The van der Waals surface area contributed by atoms with Crippen molar-refractivity contribution in [1.29, 1.82) is 0 Å². The molecule has 1 fully saturated rings. The Morgan fingerprint density at radius 2 is 2.13 bits per heavy atom. The van der Waals surface area contributed by atoms with Gasteiger partial charge in [-0.15, -0.1) is 0 Å². The zero-order chi connectivity index (χ0) is 16.8. The van der Waals surface area contributed by atoms with E-state index >= 15 is 0 Å². The number of carbonyl (C=O) groups is 1. The van der Waals surface area contributed by atoms with Crippen molar-refractivity contribution in [2.45, 2.75) is 39.2 Å². The summed E-state index contributed by atoms with van der Waals surface area (Å²) in [7, 11) is 3.88. The van der Waals surface area contributed by atoms with Crippen LogP contribution in [0, 0.1) is 5.41 Å². The first-order chi connectivity index (χ1) is 10.7. The van der Waals surface area contributed by atoms with Crippen molar-refractivity contribution < 1.29 is 9.53 Å². The van der Waals surface area contributed by atoms with Gasteiger partial charge in [0, 0.05) is 44.4 Å². The molecule has 0 aliphatic carbocycles. The highest BCUT2D eigenvalue weighted by Gasteiger charge is 2.47. The number of fused-ring (bicyclic) bond motifs is 2. The van der Waals surface area contributed by atoms with Crippen LogP contribution < -0.4 is 4.90 Å². The SMILES string of the molecule is CN(C)c1ncc2c(n1)[C@]1(CCN(C(=O)C(C)(C)C)C1)COC2. The predicted molar refractivity (Wildman–Crippen MR) is 88.3 cm³/mol. The van der Waals surface area contributed by atoms with Gasteiger partial charge in [-0.3, -0.25) is 4.79 Å². The molecule has 3 heterocycles. The van der Waals surface area contributed by atoms with E-state index in [-0.39, 0.29) is 16.7 Å². The van der Waals surface area contributed by atoms with Crippen LogP contribution in [-0.2, 0) is 21.6 Å². The Morgan fingerprint density at radius 1 is 1.39 bits per heavy atom. The van der Waals surface area contributed by atoms with Crippen LogP contribution in [0.1, 0.15) is 38.4 Å². The van der Waals surface area contributed by atoms with E-state index in [1.54, 1.807) is 0 Å². The molecular formula is C17H26N4O2. The maximum Gasteiger partial charge on any atom is 0.227 e. The summed E-state index contributed by atoms with van der Waals surface area (Å²) in [5, 5.41) is 0. The lowest BCUT2D eigenvalue weighted by Crippen LogP contribution is -2.44. The van der Waals surface area contributed by atoms with E-state index in [2.05, 4.69) is 4.98 Å². The molecule has 23 heavy (non-hydrogen) atoms. The average Bonchev–Trinajstić information content (AvgIpc) is 2.90. The summed E-state index contributed by atoms with van der Waals surface area (Å²) >= 11 is 0. The van der Waals surface area contributed by atoms with Crippen molar-refractivity contribution in [3.05, 3.63) is 17.5 Å². The smallest absolute Gasteiger partial charge is 0.227 e. The van der Waals surface area contributed by atoms with E-state index in [1.165, 1.54) is 0 Å². The van der Waals surface area contributed by atoms with E-state index < -0.39 is 0 Å². The molecule has 0 bridgehead atoms. The molecule has 1 amide bonds. The number of amides is 1. The highest BCUT2D eigenvalue weighted by molar-refractivity contribution is 5.82. The van der Waals surface area contributed by atoms with E-state index in [1.807, 2.05) is 50.9 Å². The number of likely N-dealkylation sites (tertiary alicyclic amines) is 1. The maximum absolute atomic E-state index is 12.6. The molecule has 0 saturated carbocycles. The summed E-state index contributed by atoms with van der Waals surface area (Å²) in [6, 6.07) is 0. The number of ether oxygens (including phenoxy) is 1. The Labute approximate surface area is 137 Å². The van der Waals surface area contributed by atoms with Gasteiger partial charge in [0.05, 0.1) is 24.3 Å². The van der Waals surface area contributed by atoms with Crippen molar-refractivity contribution in [2.24, 2.45) is 5.41 Å². The van der Waals surface area contributed by atoms with E-state index in [0.29, 0.717) is 25.7 Å². The van der Waals surface area contributed by atoms with Crippen LogP contribution in [0.4, 0.5) is 5.95 Å². The summed E-state index contributed by atoms with van der Waals surface area (Å²) in [4.78, 5) is 25.7. The van der Waals surface area contributed by atoms with E-state index in [9.17, 15) is 4.79 Å². The number of aromatic nitrogens is 2. The van der Waals surface area contributed by atoms with Gasteiger partial charge in [-0.25, -0.2) is 9.97 Å². The average molecular weight is 318 g/mol. The third kappa shape index (κ3) is 2.80. The molecule has 0 N–H and O–H groups in total. The molecule has 1 aromatic heterocycles. The van der Waals surface area contributed by atoms with Crippen LogP contribution in [-0.4, -0.2) is 54.6 Å². The summed E-state index contributed by atoms with van der Waals surface area (Å²) < 4.78 is 5.82. The second kappa shape index (κ2) is 5.44. The minimum atomic E-state index is -0.357. The molecule has 0 aromatic carbocycles. The van der Waals surface area contributed by atoms with Crippen LogP contribution in [0.15, 0.2) is 6.20 Å². The molecule has 0 unspecified atom stereocenters. The lowest BCUT2D eigenvalue weighted by Gasteiger charge is -2.35. The minimum absolute atomic E-state index is 0.192. The fourth-order valence-electron chi connectivity index (χ4n) is 3.43. The number of rotatable bonds is 1. The summed E-state index contributed by atoms with van der Waals surface area (Å²) in [5.74, 6) is 0.911. The van der Waals surface area contributed by atoms with Gasteiger partial charge in [0.2, 0.25) is 11.9 Å². The summed E-state index contributed by atoms with van der Waals surface area (Å²) in [5.41, 5.74) is 1.56. The van der Waals surface area contributed by atoms with Crippen LogP contribution in [0.3, 0.4) is 0 Å². The second-order valence-electron chi connectivity index (χ2n) is 7.94. The Morgan fingerprint density at radius 3 is 2.78 bits per heavy atom. The molecule has 3 rings (SSSR count). The molecule has 126 valence electrons. The first-order valence-corrected chi connectivity index (χ1v) is 8.14. The molecule has 2 aliphatic heterocycles. The standard InChI is InChI=1S/C17H26N4O2/c1-16(2,3)14(22)21-7-6-17(10-21)11-23-9-12-8-18-15(20(4)5)19-13(12)17/h8H,6-7,9-11H2,1-5H3/t17-/m0/s1. The van der Waals surface area contributed by atoms with Gasteiger partial charge in [0.15, 0.2) is 0 Å². The number of hydrogen-bond donors (Lipinski definition) is 0. The number of anilines is 1. The molecule has 0 radical (unpaired) electrons. The van der Waals surface area contributed by atoms with Gasteiger partial charge >= 0.3 is 0 Å². The highest BCUT2D eigenvalue weighted by atomic mass is 16.5. The Kier molecular flexibility index (Phi) is 3.83. The fourth-order valence-corrected chi connectivity index (χ4v) is 3.43. The van der Waals surface area contributed by atoms with Gasteiger partial charge in [-0.2, -0.15) is 0 Å². The lowest BCUT2D eigenvalue weighted by atomic mass is 9.80. The highest BCUT2D eigenvalue weighted by Crippen LogP contribution is 2.40. The van der Waals surface area contributed by atoms with Gasteiger partial charge in [-0.05, 0) is 6.42 Å². The summed E-state index contributed by atoms with van der Waals surface area (Å²) in [6.45, 7) is 8.53. The number of hydrogen-bond acceptors (Lipinski definition) is 5. The predicted octanol–water partition coefficient (Wildman–Crippen LogP) is 1.59. The molecule has 6 nitrogen and oxygen atoms in total. The van der Waals surface area contributed by atoms with Crippen LogP contribution in [0.25, 0.3) is 0 Å². The van der Waals surface area contributed by atoms with Gasteiger partial charge in [0.1, 0.15) is 0 Å². The Bertz CT molecular complexity index is 624. The van der Waals surface area contributed by atoms with Gasteiger partial charge < -0.3 is 14.5 Å². The molecular weight excluding hydrogens is 292 g/mol. The third-order valence-corrected chi connectivity index (χ3v) is 4.67. The van der Waals surface area contributed by atoms with E-state index in [4.69, 9.17) is 9.72 Å². The monoisotopic (exact) mass is 318 g/mol. The van der Waals surface area contributed by atoms with Crippen molar-refractivity contribution in [3.8, 4) is 0 Å². The Balaban J connectivity index is 1.94. The van der Waals surface area contributed by atoms with Crippen molar-refractivity contribution in [1.82, 2.24) is 14.9 Å². The van der Waals surface area contributed by atoms with Crippen molar-refractivity contribution >= 4 is 11.9 Å². The van der Waals surface area contributed by atoms with Crippen LogP contribution >= 0.6 is 0 Å². The quantitative estimate of drug-likeness (QED) is 0.787. The molecule has 6 heteroatoms. The van der Waals surface area contributed by atoms with Crippen LogP contribution in [0.5, 0.6) is 0 Å². The molecule has 1 atom stereocenters.